The maximum absolute atomic E-state index is 13.0. The third-order valence-corrected chi connectivity index (χ3v) is 4.53. The first-order valence-electron chi connectivity index (χ1n) is 8.93. The van der Waals surface area contributed by atoms with Crippen molar-refractivity contribution in [2.45, 2.75) is 52.4 Å². The van der Waals surface area contributed by atoms with Crippen LogP contribution in [0.1, 0.15) is 33.4 Å². The monoisotopic (exact) mass is 333 g/mol. The first-order valence-corrected chi connectivity index (χ1v) is 8.93. The summed E-state index contributed by atoms with van der Waals surface area (Å²) in [5, 5.41) is 0. The van der Waals surface area contributed by atoms with Crippen LogP contribution < -0.4 is 0 Å². The molecule has 0 aliphatic carbocycles. The Morgan fingerprint density at radius 1 is 1.33 bits per heavy atom. The summed E-state index contributed by atoms with van der Waals surface area (Å²) in [7, 11) is 1.90. The van der Waals surface area contributed by atoms with Crippen LogP contribution in [0.5, 0.6) is 0 Å². The van der Waals surface area contributed by atoms with E-state index in [1.165, 1.54) is 0 Å². The maximum atomic E-state index is 13.0. The van der Waals surface area contributed by atoms with Crippen LogP contribution in [0.25, 0.3) is 0 Å². The summed E-state index contributed by atoms with van der Waals surface area (Å²) < 4.78 is 5.82. The molecule has 1 aromatic rings. The van der Waals surface area contributed by atoms with E-state index in [2.05, 4.69) is 37.6 Å². The predicted octanol–water partition coefficient (Wildman–Crippen LogP) is 2.22. The molecule has 1 fully saturated rings. The highest BCUT2D eigenvalue weighted by Gasteiger charge is 2.35. The minimum absolute atomic E-state index is 0.0902. The van der Waals surface area contributed by atoms with E-state index in [4.69, 9.17) is 4.74 Å². The van der Waals surface area contributed by atoms with E-state index in [0.717, 1.165) is 25.2 Å². The van der Waals surface area contributed by atoms with Crippen LogP contribution >= 0.6 is 0 Å². The molecule has 0 bridgehead atoms. The van der Waals surface area contributed by atoms with Gasteiger partial charge in [0, 0.05) is 45.0 Å². The third-order valence-electron chi connectivity index (χ3n) is 4.53. The summed E-state index contributed by atoms with van der Waals surface area (Å²) in [6.45, 7) is 10.7. The smallest absolute Gasteiger partial charge is 0.239 e. The molecule has 1 aromatic heterocycles. The number of nitrogens with zero attached hydrogens (tertiary/aromatic N) is 3. The topological polar surface area (TPSA) is 45.7 Å². The summed E-state index contributed by atoms with van der Waals surface area (Å²) in [5.74, 6) is 0.467. The van der Waals surface area contributed by atoms with Crippen LogP contribution in [0.4, 0.5) is 0 Å². The van der Waals surface area contributed by atoms with Gasteiger partial charge in [0.2, 0.25) is 5.91 Å². The molecule has 5 nitrogen and oxygen atoms in total. The van der Waals surface area contributed by atoms with E-state index in [-0.39, 0.29) is 30.1 Å². The molecule has 0 saturated carbocycles. The zero-order chi connectivity index (χ0) is 17.7. The number of likely N-dealkylation sites (N-methyl/N-ethyl adjacent to an activating group) is 1. The van der Waals surface area contributed by atoms with Gasteiger partial charge in [-0.15, -0.1) is 0 Å². The van der Waals surface area contributed by atoms with E-state index in [9.17, 15) is 4.79 Å². The summed E-state index contributed by atoms with van der Waals surface area (Å²) in [4.78, 5) is 21.5. The maximum Gasteiger partial charge on any atom is 0.239 e. The van der Waals surface area contributed by atoms with E-state index >= 15 is 0 Å². The zero-order valence-corrected chi connectivity index (χ0v) is 15.6. The zero-order valence-electron chi connectivity index (χ0n) is 15.6. The normalized spacial score (nSPS) is 23.2. The Hall–Kier alpha value is -1.46. The van der Waals surface area contributed by atoms with Crippen molar-refractivity contribution in [3.05, 3.63) is 30.1 Å². The molecule has 1 saturated heterocycles. The number of amides is 1. The third kappa shape index (κ3) is 5.02. The Kier molecular flexibility index (Phi) is 6.75. The Balaban J connectivity index is 1.99. The molecular weight excluding hydrogens is 302 g/mol. The van der Waals surface area contributed by atoms with Gasteiger partial charge in [0.25, 0.3) is 0 Å². The van der Waals surface area contributed by atoms with E-state index in [1.54, 1.807) is 6.20 Å². The lowest BCUT2D eigenvalue weighted by Gasteiger charge is -2.42. The number of aromatic nitrogens is 1. The molecule has 0 spiro atoms. The van der Waals surface area contributed by atoms with Crippen LogP contribution in [0.15, 0.2) is 24.4 Å². The predicted molar refractivity (Wildman–Crippen MR) is 95.8 cm³/mol. The molecule has 1 aliphatic rings. The number of rotatable bonds is 6. The minimum Gasteiger partial charge on any atom is -0.373 e. The number of hydrogen-bond donors (Lipinski definition) is 0. The average molecular weight is 333 g/mol. The summed E-state index contributed by atoms with van der Waals surface area (Å²) in [6, 6.07) is 5.81. The van der Waals surface area contributed by atoms with Gasteiger partial charge in [0.1, 0.15) is 0 Å². The summed E-state index contributed by atoms with van der Waals surface area (Å²) in [6.07, 6.45) is 2.91. The van der Waals surface area contributed by atoms with Gasteiger partial charge in [-0.1, -0.05) is 19.9 Å². The van der Waals surface area contributed by atoms with E-state index in [0.29, 0.717) is 6.54 Å². The SMILES string of the molecule is CC1CN(C(C(=O)N(C)CCc2ccccn2)C(C)C)CC(C)O1. The van der Waals surface area contributed by atoms with Gasteiger partial charge in [-0.05, 0) is 31.9 Å². The average Bonchev–Trinajstić information content (AvgIpc) is 2.52. The largest absolute Gasteiger partial charge is 0.373 e. The number of pyridine rings is 1. The van der Waals surface area contributed by atoms with E-state index < -0.39 is 0 Å². The van der Waals surface area contributed by atoms with Crippen molar-refractivity contribution in [1.29, 1.82) is 0 Å². The fraction of sp³-hybridized carbons (Fsp3) is 0.684. The van der Waals surface area contributed by atoms with Crippen molar-refractivity contribution in [2.75, 3.05) is 26.7 Å². The van der Waals surface area contributed by atoms with Crippen LogP contribution in [-0.4, -0.2) is 65.6 Å². The van der Waals surface area contributed by atoms with Gasteiger partial charge >= 0.3 is 0 Å². The molecule has 1 amide bonds. The number of hydrogen-bond acceptors (Lipinski definition) is 4. The van der Waals surface area contributed by atoms with Crippen LogP contribution in [0.2, 0.25) is 0 Å². The number of morpholine rings is 1. The lowest BCUT2D eigenvalue weighted by molar-refractivity contribution is -0.144. The molecule has 3 unspecified atom stereocenters. The first-order chi connectivity index (χ1) is 11.4. The minimum atomic E-state index is -0.0902. The molecule has 1 aliphatic heterocycles. The van der Waals surface area contributed by atoms with Crippen molar-refractivity contribution < 1.29 is 9.53 Å². The number of ether oxygens (including phenoxy) is 1. The standard InChI is InChI=1S/C19H31N3O2/c1-14(2)18(22-12-15(3)24-16(4)13-22)19(23)21(5)11-9-17-8-6-7-10-20-17/h6-8,10,14-16,18H,9,11-13H2,1-5H3. The van der Waals surface area contributed by atoms with Crippen LogP contribution in [-0.2, 0) is 16.0 Å². The first kappa shape index (κ1) is 18.9. The lowest BCUT2D eigenvalue weighted by Crippen LogP contribution is -2.57. The highest BCUT2D eigenvalue weighted by atomic mass is 16.5. The van der Waals surface area contributed by atoms with Gasteiger partial charge in [-0.25, -0.2) is 0 Å². The summed E-state index contributed by atoms with van der Waals surface area (Å²) in [5.41, 5.74) is 1.02. The van der Waals surface area contributed by atoms with Gasteiger partial charge < -0.3 is 9.64 Å². The fourth-order valence-electron chi connectivity index (χ4n) is 3.47. The molecular formula is C19H31N3O2. The molecule has 134 valence electrons. The van der Waals surface area contributed by atoms with Gasteiger partial charge in [0.15, 0.2) is 0 Å². The fourth-order valence-corrected chi connectivity index (χ4v) is 3.47. The highest BCUT2D eigenvalue weighted by Crippen LogP contribution is 2.20. The Morgan fingerprint density at radius 2 is 2.00 bits per heavy atom. The molecule has 2 rings (SSSR count). The summed E-state index contributed by atoms with van der Waals surface area (Å²) >= 11 is 0. The van der Waals surface area contributed by atoms with Crippen molar-refractivity contribution >= 4 is 5.91 Å². The Bertz CT molecular complexity index is 511. The second kappa shape index (κ2) is 8.58. The van der Waals surface area contributed by atoms with Gasteiger partial charge in [-0.3, -0.25) is 14.7 Å². The molecule has 2 heterocycles. The molecule has 0 radical (unpaired) electrons. The molecule has 0 aromatic carbocycles. The van der Waals surface area contributed by atoms with Crippen molar-refractivity contribution in [3.8, 4) is 0 Å². The number of carbonyl (C=O) groups excluding carboxylic acids is 1. The Labute approximate surface area is 146 Å². The van der Waals surface area contributed by atoms with Gasteiger partial charge in [-0.2, -0.15) is 0 Å². The van der Waals surface area contributed by atoms with Crippen molar-refractivity contribution in [3.63, 3.8) is 0 Å². The van der Waals surface area contributed by atoms with Crippen molar-refractivity contribution in [1.82, 2.24) is 14.8 Å². The van der Waals surface area contributed by atoms with Crippen molar-refractivity contribution in [2.24, 2.45) is 5.92 Å². The highest BCUT2D eigenvalue weighted by molar-refractivity contribution is 5.82. The lowest BCUT2D eigenvalue weighted by atomic mass is 9.99. The molecule has 0 N–H and O–H groups in total. The van der Waals surface area contributed by atoms with Gasteiger partial charge in [0.05, 0.1) is 18.2 Å². The molecule has 3 atom stereocenters. The second-order valence-corrected chi connectivity index (χ2v) is 7.23. The number of carbonyl (C=O) groups is 1. The van der Waals surface area contributed by atoms with E-state index in [1.807, 2.05) is 30.1 Å². The Morgan fingerprint density at radius 3 is 2.54 bits per heavy atom. The van der Waals surface area contributed by atoms with Crippen LogP contribution in [0.3, 0.4) is 0 Å². The quantitative estimate of drug-likeness (QED) is 0.801. The molecule has 24 heavy (non-hydrogen) atoms. The second-order valence-electron chi connectivity index (χ2n) is 7.23. The molecule has 5 heteroatoms. The van der Waals surface area contributed by atoms with Crippen LogP contribution in [0, 0.1) is 5.92 Å².